The Hall–Kier alpha value is -1.55. The second-order valence-electron chi connectivity index (χ2n) is 3.40. The van der Waals surface area contributed by atoms with Crippen LogP contribution in [0.25, 0.3) is 0 Å². The summed E-state index contributed by atoms with van der Waals surface area (Å²) in [6.07, 6.45) is -0.570. The lowest BCUT2D eigenvalue weighted by molar-refractivity contribution is 0.101. The molecule has 0 aliphatic carbocycles. The lowest BCUT2D eigenvalue weighted by Gasteiger charge is -2.09. The van der Waals surface area contributed by atoms with Crippen molar-refractivity contribution in [3.05, 3.63) is 23.8 Å². The van der Waals surface area contributed by atoms with Gasteiger partial charge in [-0.05, 0) is 26.0 Å². The first kappa shape index (κ1) is 11.5. The monoisotopic (exact) mass is 210 g/mol. The number of Topliss-reactive ketones (excluding diaryl/α,β-unsaturated/α-hetero) is 1. The summed E-state index contributed by atoms with van der Waals surface area (Å²) in [6.45, 7) is 3.13. The van der Waals surface area contributed by atoms with Gasteiger partial charge in [-0.25, -0.2) is 0 Å². The normalized spacial score (nSPS) is 12.2. The second-order valence-corrected chi connectivity index (χ2v) is 3.40. The van der Waals surface area contributed by atoms with Crippen LogP contribution >= 0.6 is 0 Å². The van der Waals surface area contributed by atoms with E-state index in [1.807, 2.05) is 0 Å². The number of phenolic OH excluding ortho intramolecular Hbond substituents is 1. The molecule has 0 aromatic heterocycles. The third-order valence-electron chi connectivity index (χ3n) is 1.84. The number of aromatic hydroxyl groups is 1. The summed E-state index contributed by atoms with van der Waals surface area (Å²) in [6, 6.07) is 4.44. The van der Waals surface area contributed by atoms with Crippen LogP contribution in [0.15, 0.2) is 18.2 Å². The van der Waals surface area contributed by atoms with Crippen LogP contribution in [0.1, 0.15) is 24.2 Å². The van der Waals surface area contributed by atoms with E-state index >= 15 is 0 Å². The molecule has 0 bridgehead atoms. The summed E-state index contributed by atoms with van der Waals surface area (Å²) >= 11 is 0. The zero-order valence-electron chi connectivity index (χ0n) is 8.73. The number of rotatable bonds is 4. The van der Waals surface area contributed by atoms with Gasteiger partial charge < -0.3 is 14.9 Å². The van der Waals surface area contributed by atoms with Crippen molar-refractivity contribution in [3.63, 3.8) is 0 Å². The first-order chi connectivity index (χ1) is 7.00. The smallest absolute Gasteiger partial charge is 0.163 e. The molecule has 0 heterocycles. The Labute approximate surface area is 88.1 Å². The predicted octanol–water partition coefficient (Wildman–Crippen LogP) is 1.35. The lowest BCUT2D eigenvalue weighted by Crippen LogP contribution is -2.12. The van der Waals surface area contributed by atoms with E-state index in [-0.39, 0.29) is 23.7 Å². The summed E-state index contributed by atoms with van der Waals surface area (Å²) in [5.74, 6) is 0.124. The van der Waals surface area contributed by atoms with Crippen LogP contribution in [0, 0.1) is 0 Å². The number of phenols is 1. The molecule has 0 amide bonds. The molecule has 0 aliphatic rings. The Morgan fingerprint density at radius 1 is 1.53 bits per heavy atom. The zero-order chi connectivity index (χ0) is 11.4. The molecule has 82 valence electrons. The zero-order valence-corrected chi connectivity index (χ0v) is 8.73. The van der Waals surface area contributed by atoms with E-state index in [9.17, 15) is 9.90 Å². The molecule has 15 heavy (non-hydrogen) atoms. The average molecular weight is 210 g/mol. The Morgan fingerprint density at radius 3 is 2.67 bits per heavy atom. The number of aliphatic hydroxyl groups is 1. The highest BCUT2D eigenvalue weighted by molar-refractivity contribution is 5.96. The van der Waals surface area contributed by atoms with Crippen molar-refractivity contribution in [3.8, 4) is 11.5 Å². The molecular weight excluding hydrogens is 196 g/mol. The van der Waals surface area contributed by atoms with Crippen LogP contribution in [0.5, 0.6) is 11.5 Å². The van der Waals surface area contributed by atoms with Gasteiger partial charge in [-0.1, -0.05) is 0 Å². The number of aliphatic hydroxyl groups excluding tert-OH is 1. The van der Waals surface area contributed by atoms with Crippen molar-refractivity contribution in [1.29, 1.82) is 0 Å². The highest BCUT2D eigenvalue weighted by Crippen LogP contribution is 2.23. The number of carbonyl (C=O) groups is 1. The van der Waals surface area contributed by atoms with E-state index in [0.717, 1.165) is 0 Å². The molecule has 1 aromatic rings. The maximum Gasteiger partial charge on any atom is 0.163 e. The molecule has 0 spiro atoms. The molecule has 0 fully saturated rings. The van der Waals surface area contributed by atoms with Gasteiger partial charge in [0.25, 0.3) is 0 Å². The van der Waals surface area contributed by atoms with Crippen molar-refractivity contribution in [2.24, 2.45) is 0 Å². The molecule has 1 rings (SSSR count). The Morgan fingerprint density at radius 2 is 2.20 bits per heavy atom. The van der Waals surface area contributed by atoms with Crippen LogP contribution in [-0.2, 0) is 0 Å². The van der Waals surface area contributed by atoms with Gasteiger partial charge in [0.1, 0.15) is 18.1 Å². The second kappa shape index (κ2) is 4.79. The molecule has 0 radical (unpaired) electrons. The first-order valence-electron chi connectivity index (χ1n) is 4.65. The van der Waals surface area contributed by atoms with Crippen molar-refractivity contribution < 1.29 is 19.7 Å². The van der Waals surface area contributed by atoms with E-state index < -0.39 is 6.10 Å². The van der Waals surface area contributed by atoms with Gasteiger partial charge in [-0.3, -0.25) is 4.79 Å². The molecule has 4 nitrogen and oxygen atoms in total. The van der Waals surface area contributed by atoms with Gasteiger partial charge in [0.05, 0.1) is 11.7 Å². The molecule has 1 aromatic carbocycles. The van der Waals surface area contributed by atoms with E-state index in [1.54, 1.807) is 13.0 Å². The molecule has 0 saturated heterocycles. The maximum atomic E-state index is 11.0. The van der Waals surface area contributed by atoms with Gasteiger partial charge in [-0.2, -0.15) is 0 Å². The van der Waals surface area contributed by atoms with E-state index in [2.05, 4.69) is 0 Å². The molecule has 2 N–H and O–H groups in total. The van der Waals surface area contributed by atoms with Crippen molar-refractivity contribution in [2.75, 3.05) is 6.61 Å². The third-order valence-corrected chi connectivity index (χ3v) is 1.84. The molecular formula is C11H14O4. The molecule has 1 atom stereocenters. The topological polar surface area (TPSA) is 66.8 Å². The fraction of sp³-hybridized carbons (Fsp3) is 0.364. The average Bonchev–Trinajstić information content (AvgIpc) is 2.14. The minimum absolute atomic E-state index is 0.106. The minimum Gasteiger partial charge on any atom is -0.507 e. The number of hydrogen-bond acceptors (Lipinski definition) is 4. The van der Waals surface area contributed by atoms with Gasteiger partial charge in [0.2, 0.25) is 0 Å². The van der Waals surface area contributed by atoms with Crippen LogP contribution in [-0.4, -0.2) is 28.7 Å². The summed E-state index contributed by atoms with van der Waals surface area (Å²) in [5, 5.41) is 18.4. The van der Waals surface area contributed by atoms with E-state index in [4.69, 9.17) is 9.84 Å². The van der Waals surface area contributed by atoms with Gasteiger partial charge >= 0.3 is 0 Å². The minimum atomic E-state index is -0.570. The number of ketones is 1. The van der Waals surface area contributed by atoms with Crippen molar-refractivity contribution >= 4 is 5.78 Å². The highest BCUT2D eigenvalue weighted by atomic mass is 16.5. The van der Waals surface area contributed by atoms with Crippen LogP contribution < -0.4 is 4.74 Å². The Bertz CT molecular complexity index is 358. The quantitative estimate of drug-likeness (QED) is 0.736. The van der Waals surface area contributed by atoms with Crippen LogP contribution in [0.3, 0.4) is 0 Å². The van der Waals surface area contributed by atoms with Crippen molar-refractivity contribution in [2.45, 2.75) is 20.0 Å². The van der Waals surface area contributed by atoms with E-state index in [0.29, 0.717) is 5.75 Å². The summed E-state index contributed by atoms with van der Waals surface area (Å²) < 4.78 is 5.16. The lowest BCUT2D eigenvalue weighted by atomic mass is 10.1. The fourth-order valence-corrected chi connectivity index (χ4v) is 1.12. The fourth-order valence-electron chi connectivity index (χ4n) is 1.12. The van der Waals surface area contributed by atoms with Crippen LogP contribution in [0.2, 0.25) is 0 Å². The molecule has 4 heteroatoms. The van der Waals surface area contributed by atoms with E-state index in [1.165, 1.54) is 19.1 Å². The summed E-state index contributed by atoms with van der Waals surface area (Å²) in [5.41, 5.74) is 0.263. The first-order valence-corrected chi connectivity index (χ1v) is 4.65. The number of benzene rings is 1. The standard InChI is InChI=1S/C11H14O4/c1-7(12)6-15-9-3-4-10(8(2)13)11(14)5-9/h3-5,7,12,14H,6H2,1-2H3/t7-/m1/s1. The van der Waals surface area contributed by atoms with Crippen LogP contribution in [0.4, 0.5) is 0 Å². The summed E-state index contributed by atoms with van der Waals surface area (Å²) in [7, 11) is 0. The number of hydrogen-bond donors (Lipinski definition) is 2. The molecule has 0 saturated carbocycles. The number of ether oxygens (including phenoxy) is 1. The molecule has 0 unspecified atom stereocenters. The van der Waals surface area contributed by atoms with Gasteiger partial charge in [-0.15, -0.1) is 0 Å². The largest absolute Gasteiger partial charge is 0.507 e. The Kier molecular flexibility index (Phi) is 3.68. The maximum absolute atomic E-state index is 11.0. The van der Waals surface area contributed by atoms with Gasteiger partial charge in [0.15, 0.2) is 5.78 Å². The summed E-state index contributed by atoms with van der Waals surface area (Å²) in [4.78, 5) is 11.0. The third kappa shape index (κ3) is 3.25. The van der Waals surface area contributed by atoms with Crippen molar-refractivity contribution in [1.82, 2.24) is 0 Å². The SMILES string of the molecule is CC(=O)c1ccc(OC[C@@H](C)O)cc1O. The molecule has 0 aliphatic heterocycles. The number of carbonyl (C=O) groups excluding carboxylic acids is 1. The Balaban J connectivity index is 2.78. The van der Waals surface area contributed by atoms with Gasteiger partial charge in [0, 0.05) is 6.07 Å². The highest BCUT2D eigenvalue weighted by Gasteiger charge is 2.07. The predicted molar refractivity (Wildman–Crippen MR) is 55.3 cm³/mol.